The van der Waals surface area contributed by atoms with Crippen molar-refractivity contribution in [2.75, 3.05) is 19.8 Å². The number of amides is 1. The highest BCUT2D eigenvalue weighted by molar-refractivity contribution is 5.79. The van der Waals surface area contributed by atoms with Crippen LogP contribution in [0.15, 0.2) is 24.3 Å². The number of aliphatic hydroxyl groups excluding tert-OH is 1. The molecule has 4 heteroatoms. The van der Waals surface area contributed by atoms with Gasteiger partial charge in [0.15, 0.2) is 0 Å². The summed E-state index contributed by atoms with van der Waals surface area (Å²) < 4.78 is 5.63. The summed E-state index contributed by atoms with van der Waals surface area (Å²) in [5.41, 5.74) is 1.11. The van der Waals surface area contributed by atoms with Crippen LogP contribution in [0.3, 0.4) is 0 Å². The molecule has 1 aliphatic heterocycles. The van der Waals surface area contributed by atoms with Crippen LogP contribution < -0.4 is 10.1 Å². The maximum Gasteiger partial charge on any atom is 0.226 e. The Bertz CT molecular complexity index is 433. The molecule has 4 nitrogen and oxygen atoms in total. The summed E-state index contributed by atoms with van der Waals surface area (Å²) in [5.74, 6) is 0.907. The molecule has 1 aliphatic rings. The zero-order valence-corrected chi connectivity index (χ0v) is 11.8. The van der Waals surface area contributed by atoms with E-state index >= 15 is 0 Å². The molecule has 0 bridgehead atoms. The fourth-order valence-electron chi connectivity index (χ4n) is 2.44. The molecule has 1 aromatic carbocycles. The van der Waals surface area contributed by atoms with Crippen molar-refractivity contribution in [3.05, 3.63) is 29.8 Å². The highest BCUT2D eigenvalue weighted by Crippen LogP contribution is 2.26. The van der Waals surface area contributed by atoms with Gasteiger partial charge in [-0.05, 0) is 30.9 Å². The van der Waals surface area contributed by atoms with E-state index < -0.39 is 0 Å². The first-order valence-corrected chi connectivity index (χ1v) is 7.40. The topological polar surface area (TPSA) is 58.6 Å². The third-order valence-electron chi connectivity index (χ3n) is 3.63. The Morgan fingerprint density at radius 1 is 1.25 bits per heavy atom. The normalized spacial score (nSPS) is 17.1. The van der Waals surface area contributed by atoms with Gasteiger partial charge in [-0.2, -0.15) is 0 Å². The van der Waals surface area contributed by atoms with Crippen molar-refractivity contribution >= 4 is 5.91 Å². The van der Waals surface area contributed by atoms with Gasteiger partial charge in [-0.15, -0.1) is 0 Å². The van der Waals surface area contributed by atoms with Gasteiger partial charge in [0.25, 0.3) is 0 Å². The summed E-state index contributed by atoms with van der Waals surface area (Å²) in [6, 6.07) is 7.89. The molecule has 1 unspecified atom stereocenters. The minimum absolute atomic E-state index is 0.0812. The van der Waals surface area contributed by atoms with E-state index in [4.69, 9.17) is 9.84 Å². The first-order valence-electron chi connectivity index (χ1n) is 7.40. The molecule has 1 amide bonds. The molecule has 1 atom stereocenters. The van der Waals surface area contributed by atoms with Gasteiger partial charge in [0.2, 0.25) is 5.91 Å². The molecule has 2 rings (SSSR count). The monoisotopic (exact) mass is 277 g/mol. The van der Waals surface area contributed by atoms with Gasteiger partial charge < -0.3 is 15.2 Å². The van der Waals surface area contributed by atoms with Crippen LogP contribution in [0.2, 0.25) is 0 Å². The number of hydrogen-bond acceptors (Lipinski definition) is 3. The van der Waals surface area contributed by atoms with E-state index in [-0.39, 0.29) is 18.4 Å². The van der Waals surface area contributed by atoms with Crippen LogP contribution >= 0.6 is 0 Å². The van der Waals surface area contributed by atoms with Crippen molar-refractivity contribution in [2.24, 2.45) is 5.92 Å². The van der Waals surface area contributed by atoms with E-state index in [0.717, 1.165) is 43.4 Å². The summed E-state index contributed by atoms with van der Waals surface area (Å²) in [5, 5.41) is 11.7. The van der Waals surface area contributed by atoms with Crippen LogP contribution in [0.25, 0.3) is 0 Å². The quantitative estimate of drug-likeness (QED) is 0.748. The van der Waals surface area contributed by atoms with Crippen molar-refractivity contribution in [2.45, 2.75) is 32.1 Å². The van der Waals surface area contributed by atoms with Gasteiger partial charge in [0.1, 0.15) is 12.4 Å². The first-order chi connectivity index (χ1) is 9.81. The van der Waals surface area contributed by atoms with Crippen LogP contribution in [0, 0.1) is 5.92 Å². The summed E-state index contributed by atoms with van der Waals surface area (Å²) in [6.45, 7) is 1.43. The van der Waals surface area contributed by atoms with Crippen molar-refractivity contribution in [3.63, 3.8) is 0 Å². The predicted octanol–water partition coefficient (Wildman–Crippen LogP) is 1.91. The van der Waals surface area contributed by atoms with Gasteiger partial charge in [0, 0.05) is 13.2 Å². The molecule has 1 heterocycles. The summed E-state index contributed by atoms with van der Waals surface area (Å²) in [4.78, 5) is 12.1. The van der Waals surface area contributed by atoms with E-state index in [1.807, 2.05) is 24.3 Å². The predicted molar refractivity (Wildman–Crippen MR) is 77.7 cm³/mol. The van der Waals surface area contributed by atoms with Crippen LogP contribution in [0.1, 0.15) is 31.2 Å². The zero-order chi connectivity index (χ0) is 14.2. The van der Waals surface area contributed by atoms with Crippen molar-refractivity contribution in [1.82, 2.24) is 5.32 Å². The SMILES string of the molecule is O=C(NCCCCCCO)C1COc2ccccc2C1. The van der Waals surface area contributed by atoms with Crippen LogP contribution in [-0.4, -0.2) is 30.8 Å². The average Bonchev–Trinajstić information content (AvgIpc) is 2.50. The largest absolute Gasteiger partial charge is 0.492 e. The molecule has 0 saturated heterocycles. The number of aliphatic hydroxyl groups is 1. The molecule has 0 aliphatic carbocycles. The van der Waals surface area contributed by atoms with Crippen LogP contribution in [0.5, 0.6) is 5.75 Å². The number of rotatable bonds is 7. The Hall–Kier alpha value is -1.55. The second-order valence-electron chi connectivity index (χ2n) is 5.25. The lowest BCUT2D eigenvalue weighted by Gasteiger charge is -2.24. The Morgan fingerprint density at radius 2 is 2.05 bits per heavy atom. The van der Waals surface area contributed by atoms with E-state index in [2.05, 4.69) is 5.32 Å². The Balaban J connectivity index is 1.69. The fourth-order valence-corrected chi connectivity index (χ4v) is 2.44. The van der Waals surface area contributed by atoms with E-state index in [9.17, 15) is 4.79 Å². The van der Waals surface area contributed by atoms with Crippen LogP contribution in [-0.2, 0) is 11.2 Å². The van der Waals surface area contributed by atoms with E-state index in [0.29, 0.717) is 13.2 Å². The molecule has 0 spiro atoms. The third-order valence-corrected chi connectivity index (χ3v) is 3.63. The molecule has 0 aromatic heterocycles. The number of nitrogens with one attached hydrogen (secondary N) is 1. The molecular weight excluding hydrogens is 254 g/mol. The molecular formula is C16H23NO3. The van der Waals surface area contributed by atoms with Gasteiger partial charge in [-0.1, -0.05) is 31.0 Å². The maximum absolute atomic E-state index is 12.1. The number of hydrogen-bond donors (Lipinski definition) is 2. The fraction of sp³-hybridized carbons (Fsp3) is 0.562. The van der Waals surface area contributed by atoms with E-state index in [1.165, 1.54) is 0 Å². The average molecular weight is 277 g/mol. The Labute approximate surface area is 120 Å². The van der Waals surface area contributed by atoms with Crippen molar-refractivity contribution in [3.8, 4) is 5.75 Å². The Kier molecular flexibility index (Phi) is 5.87. The number of carbonyl (C=O) groups excluding carboxylic acids is 1. The van der Waals surface area contributed by atoms with Gasteiger partial charge in [0.05, 0.1) is 5.92 Å². The molecule has 1 aromatic rings. The number of benzene rings is 1. The second-order valence-corrected chi connectivity index (χ2v) is 5.25. The second kappa shape index (κ2) is 7.90. The molecule has 2 N–H and O–H groups in total. The number of para-hydroxylation sites is 1. The highest BCUT2D eigenvalue weighted by atomic mass is 16.5. The first kappa shape index (κ1) is 14.9. The molecule has 0 fully saturated rings. The lowest BCUT2D eigenvalue weighted by atomic mass is 9.96. The lowest BCUT2D eigenvalue weighted by Crippen LogP contribution is -2.37. The van der Waals surface area contributed by atoms with Crippen molar-refractivity contribution in [1.29, 1.82) is 0 Å². The number of carbonyl (C=O) groups is 1. The van der Waals surface area contributed by atoms with E-state index in [1.54, 1.807) is 0 Å². The highest BCUT2D eigenvalue weighted by Gasteiger charge is 2.25. The molecule has 0 radical (unpaired) electrons. The van der Waals surface area contributed by atoms with Gasteiger partial charge >= 0.3 is 0 Å². The molecule has 0 saturated carbocycles. The standard InChI is InChI=1S/C16H23NO3/c18-10-6-2-1-5-9-17-16(19)14-11-13-7-3-4-8-15(13)20-12-14/h3-4,7-8,14,18H,1-2,5-6,9-12H2,(H,17,19). The van der Waals surface area contributed by atoms with Gasteiger partial charge in [-0.3, -0.25) is 4.79 Å². The van der Waals surface area contributed by atoms with Crippen LogP contribution in [0.4, 0.5) is 0 Å². The zero-order valence-electron chi connectivity index (χ0n) is 11.8. The Morgan fingerprint density at radius 3 is 2.90 bits per heavy atom. The lowest BCUT2D eigenvalue weighted by molar-refractivity contribution is -0.126. The third kappa shape index (κ3) is 4.23. The number of ether oxygens (including phenoxy) is 1. The summed E-state index contributed by atoms with van der Waals surface area (Å²) in [7, 11) is 0. The van der Waals surface area contributed by atoms with Gasteiger partial charge in [-0.25, -0.2) is 0 Å². The number of fused-ring (bicyclic) bond motifs is 1. The minimum Gasteiger partial charge on any atom is -0.492 e. The molecule has 20 heavy (non-hydrogen) atoms. The smallest absolute Gasteiger partial charge is 0.226 e. The minimum atomic E-state index is -0.0812. The summed E-state index contributed by atoms with van der Waals surface area (Å²) >= 11 is 0. The maximum atomic E-state index is 12.1. The summed E-state index contributed by atoms with van der Waals surface area (Å²) in [6.07, 6.45) is 4.64. The molecule has 110 valence electrons. The van der Waals surface area contributed by atoms with Crippen molar-refractivity contribution < 1.29 is 14.6 Å². The number of unbranched alkanes of at least 4 members (excludes halogenated alkanes) is 3.